The van der Waals surface area contributed by atoms with Crippen molar-refractivity contribution in [2.24, 2.45) is 0 Å². The van der Waals surface area contributed by atoms with E-state index in [9.17, 15) is 9.90 Å². The number of aromatic amines is 1. The van der Waals surface area contributed by atoms with Gasteiger partial charge >= 0.3 is 5.97 Å². The van der Waals surface area contributed by atoms with Crippen molar-refractivity contribution in [3.05, 3.63) is 71.9 Å². The molecular weight excluding hydrogens is 328 g/mol. The van der Waals surface area contributed by atoms with Crippen LogP contribution in [0.25, 0.3) is 22.4 Å². The van der Waals surface area contributed by atoms with Gasteiger partial charge in [0.05, 0.1) is 16.6 Å². The number of rotatable bonds is 4. The Morgan fingerprint density at radius 1 is 1.04 bits per heavy atom. The first-order valence-electron chi connectivity index (χ1n) is 8.14. The number of carboxylic acid groups (broad SMARTS) is 1. The molecule has 0 aliphatic rings. The lowest BCUT2D eigenvalue weighted by atomic mass is 10.1. The molecule has 128 valence electrons. The summed E-state index contributed by atoms with van der Waals surface area (Å²) in [4.78, 5) is 24.0. The van der Waals surface area contributed by atoms with Crippen LogP contribution in [-0.2, 0) is 0 Å². The maximum absolute atomic E-state index is 11.5. The lowest BCUT2D eigenvalue weighted by molar-refractivity contribution is 0.0698. The van der Waals surface area contributed by atoms with E-state index in [0.29, 0.717) is 23.0 Å². The predicted molar refractivity (Wildman–Crippen MR) is 101 cm³/mol. The minimum absolute atomic E-state index is 0.188. The second kappa shape index (κ2) is 6.33. The molecule has 0 amide bonds. The van der Waals surface area contributed by atoms with Gasteiger partial charge in [0.2, 0.25) is 0 Å². The number of aromatic carboxylic acids is 1. The number of aryl methyl sites for hydroxylation is 1. The second-order valence-corrected chi connectivity index (χ2v) is 5.95. The zero-order chi connectivity index (χ0) is 18.1. The molecule has 6 heteroatoms. The summed E-state index contributed by atoms with van der Waals surface area (Å²) >= 11 is 0. The third-order valence-electron chi connectivity index (χ3n) is 4.06. The normalized spacial score (nSPS) is 10.8. The molecule has 4 rings (SSSR count). The van der Waals surface area contributed by atoms with Crippen LogP contribution in [-0.4, -0.2) is 26.0 Å². The van der Waals surface area contributed by atoms with Gasteiger partial charge < -0.3 is 15.4 Å². The van der Waals surface area contributed by atoms with Gasteiger partial charge in [0.25, 0.3) is 0 Å². The Balaban J connectivity index is 1.88. The van der Waals surface area contributed by atoms with E-state index < -0.39 is 5.97 Å². The smallest absolute Gasteiger partial charge is 0.337 e. The number of carboxylic acids is 1. The summed E-state index contributed by atoms with van der Waals surface area (Å²) in [6.45, 7) is 1.94. The van der Waals surface area contributed by atoms with Gasteiger partial charge in [0, 0.05) is 11.3 Å². The van der Waals surface area contributed by atoms with Crippen LogP contribution in [0.5, 0.6) is 0 Å². The monoisotopic (exact) mass is 344 g/mol. The van der Waals surface area contributed by atoms with Crippen molar-refractivity contribution in [1.29, 1.82) is 0 Å². The quantitative estimate of drug-likeness (QED) is 0.511. The molecule has 3 N–H and O–H groups in total. The molecule has 2 aromatic carbocycles. The lowest BCUT2D eigenvalue weighted by Gasteiger charge is -2.11. The van der Waals surface area contributed by atoms with E-state index in [1.807, 2.05) is 43.3 Å². The number of nitrogens with one attached hydrogen (secondary N) is 2. The number of benzene rings is 2. The van der Waals surface area contributed by atoms with Crippen LogP contribution in [0.3, 0.4) is 0 Å². The van der Waals surface area contributed by atoms with Crippen LogP contribution in [0.1, 0.15) is 16.1 Å². The molecule has 0 saturated carbocycles. The Labute approximate surface area is 149 Å². The fraction of sp³-hybridized carbons (Fsp3) is 0.0500. The summed E-state index contributed by atoms with van der Waals surface area (Å²) in [6, 6.07) is 18.4. The Bertz CT molecular complexity index is 1100. The van der Waals surface area contributed by atoms with Crippen molar-refractivity contribution >= 4 is 28.5 Å². The number of hydrogen-bond donors (Lipinski definition) is 3. The van der Waals surface area contributed by atoms with Crippen molar-refractivity contribution in [1.82, 2.24) is 15.0 Å². The maximum atomic E-state index is 11.5. The molecule has 0 saturated heterocycles. The number of aromatic nitrogens is 3. The van der Waals surface area contributed by atoms with Gasteiger partial charge in [-0.15, -0.1) is 0 Å². The van der Waals surface area contributed by atoms with Crippen LogP contribution in [0.15, 0.2) is 60.7 Å². The van der Waals surface area contributed by atoms with Crippen molar-refractivity contribution in [3.63, 3.8) is 0 Å². The molecule has 0 aliphatic carbocycles. The molecule has 4 aromatic rings. The average Bonchev–Trinajstić information content (AvgIpc) is 3.03. The van der Waals surface area contributed by atoms with Crippen LogP contribution in [0.2, 0.25) is 0 Å². The van der Waals surface area contributed by atoms with Crippen molar-refractivity contribution in [3.8, 4) is 11.4 Å². The summed E-state index contributed by atoms with van der Waals surface area (Å²) in [5.74, 6) is 0.133. The molecule has 26 heavy (non-hydrogen) atoms. The average molecular weight is 344 g/mol. The third kappa shape index (κ3) is 2.88. The largest absolute Gasteiger partial charge is 0.478 e. The minimum Gasteiger partial charge on any atom is -0.478 e. The van der Waals surface area contributed by atoms with E-state index in [1.165, 1.54) is 0 Å². The SMILES string of the molecule is Cc1cc2c(Nc3ccccc3C(=O)O)nc(-c3ccccc3)nc2[nH]1. The standard InChI is InChI=1S/C20H16N4O2/c1-12-11-15-18(21-12)23-17(13-7-3-2-4-8-13)24-19(15)22-16-10-6-5-9-14(16)20(25)26/h2-11H,1H3,(H,25,26)(H2,21,22,23,24). The van der Waals surface area contributed by atoms with E-state index in [1.54, 1.807) is 24.3 Å². The minimum atomic E-state index is -0.994. The van der Waals surface area contributed by atoms with Gasteiger partial charge in [0.1, 0.15) is 11.5 Å². The Morgan fingerprint density at radius 2 is 1.77 bits per heavy atom. The second-order valence-electron chi connectivity index (χ2n) is 5.95. The Hall–Kier alpha value is -3.67. The van der Waals surface area contributed by atoms with Gasteiger partial charge in [-0.25, -0.2) is 14.8 Å². The lowest BCUT2D eigenvalue weighted by Crippen LogP contribution is -2.04. The zero-order valence-electron chi connectivity index (χ0n) is 14.0. The van der Waals surface area contributed by atoms with Crippen molar-refractivity contribution in [2.75, 3.05) is 5.32 Å². The molecule has 0 atom stereocenters. The molecule has 0 fully saturated rings. The number of H-pyrrole nitrogens is 1. The highest BCUT2D eigenvalue weighted by molar-refractivity contribution is 5.97. The van der Waals surface area contributed by atoms with Crippen LogP contribution < -0.4 is 5.32 Å². The molecular formula is C20H16N4O2. The maximum Gasteiger partial charge on any atom is 0.337 e. The third-order valence-corrected chi connectivity index (χ3v) is 4.06. The molecule has 6 nitrogen and oxygen atoms in total. The first-order chi connectivity index (χ1) is 12.6. The molecule has 0 radical (unpaired) electrons. The molecule has 0 unspecified atom stereocenters. The predicted octanol–water partition coefficient (Wildman–Crippen LogP) is 4.38. The molecule has 2 aromatic heterocycles. The molecule has 0 aliphatic heterocycles. The van der Waals surface area contributed by atoms with Gasteiger partial charge in [-0.1, -0.05) is 42.5 Å². The van der Waals surface area contributed by atoms with Crippen LogP contribution >= 0.6 is 0 Å². The summed E-state index contributed by atoms with van der Waals surface area (Å²) < 4.78 is 0. The van der Waals surface area contributed by atoms with Gasteiger partial charge in [0.15, 0.2) is 5.82 Å². The zero-order valence-corrected chi connectivity index (χ0v) is 14.0. The van der Waals surface area contributed by atoms with E-state index in [0.717, 1.165) is 16.6 Å². The topological polar surface area (TPSA) is 90.9 Å². The highest BCUT2D eigenvalue weighted by Gasteiger charge is 2.15. The van der Waals surface area contributed by atoms with Crippen molar-refractivity contribution < 1.29 is 9.90 Å². The van der Waals surface area contributed by atoms with Gasteiger partial charge in [-0.3, -0.25) is 0 Å². The number of carbonyl (C=O) groups is 1. The fourth-order valence-corrected chi connectivity index (χ4v) is 2.86. The summed E-state index contributed by atoms with van der Waals surface area (Å²) in [7, 11) is 0. The number of anilines is 2. The Morgan fingerprint density at radius 3 is 2.54 bits per heavy atom. The summed E-state index contributed by atoms with van der Waals surface area (Å²) in [5, 5.41) is 13.4. The van der Waals surface area contributed by atoms with Crippen molar-refractivity contribution in [2.45, 2.75) is 6.92 Å². The first kappa shape index (κ1) is 15.8. The van der Waals surface area contributed by atoms with Gasteiger partial charge in [-0.2, -0.15) is 0 Å². The van der Waals surface area contributed by atoms with Crippen LogP contribution in [0.4, 0.5) is 11.5 Å². The van der Waals surface area contributed by atoms with E-state index in [-0.39, 0.29) is 5.56 Å². The summed E-state index contributed by atoms with van der Waals surface area (Å²) in [6.07, 6.45) is 0. The van der Waals surface area contributed by atoms with E-state index in [4.69, 9.17) is 0 Å². The highest BCUT2D eigenvalue weighted by atomic mass is 16.4. The molecule has 0 bridgehead atoms. The number of para-hydroxylation sites is 1. The molecule has 2 heterocycles. The molecule has 0 spiro atoms. The Kier molecular flexibility index (Phi) is 3.85. The fourth-order valence-electron chi connectivity index (χ4n) is 2.86. The van der Waals surface area contributed by atoms with Crippen LogP contribution in [0, 0.1) is 6.92 Å². The number of fused-ring (bicyclic) bond motifs is 1. The first-order valence-corrected chi connectivity index (χ1v) is 8.14. The number of nitrogens with zero attached hydrogens (tertiary/aromatic N) is 2. The highest BCUT2D eigenvalue weighted by Crippen LogP contribution is 2.29. The summed E-state index contributed by atoms with van der Waals surface area (Å²) in [5.41, 5.74) is 3.21. The van der Waals surface area contributed by atoms with Gasteiger partial charge in [-0.05, 0) is 25.1 Å². The van der Waals surface area contributed by atoms with E-state index in [2.05, 4.69) is 20.3 Å². The van der Waals surface area contributed by atoms with E-state index >= 15 is 0 Å². The number of hydrogen-bond acceptors (Lipinski definition) is 4.